The number of aliphatic carboxylic acids is 1. The Morgan fingerprint density at radius 2 is 2.05 bits per heavy atom. The average Bonchev–Trinajstić information content (AvgIpc) is 2.26. The molecular weight excluding hydrogens is 254 g/mol. The Kier molecular flexibility index (Phi) is 4.50. The smallest absolute Gasteiger partial charge is 0.306 e. The number of carboxylic acid groups (broad SMARTS) is 1. The third-order valence-electron chi connectivity index (χ3n) is 2.93. The van der Waals surface area contributed by atoms with Crippen LogP contribution in [-0.2, 0) is 17.1 Å². The maximum Gasteiger partial charge on any atom is 0.306 e. The summed E-state index contributed by atoms with van der Waals surface area (Å²) in [5.41, 5.74) is 0.946. The van der Waals surface area contributed by atoms with Crippen LogP contribution in [0.3, 0.4) is 0 Å². The van der Waals surface area contributed by atoms with Crippen LogP contribution in [0.15, 0.2) is 12.1 Å². The number of hydrogen-bond acceptors (Lipinski definition) is 2. The lowest BCUT2D eigenvalue weighted by atomic mass is 9.94. The number of carboxylic acids is 1. The average molecular weight is 272 g/mol. The molecule has 0 radical (unpaired) electrons. The van der Waals surface area contributed by atoms with Gasteiger partial charge in [-0.15, -0.1) is 0 Å². The molecule has 106 valence electrons. The van der Waals surface area contributed by atoms with E-state index in [4.69, 9.17) is 9.84 Å². The van der Waals surface area contributed by atoms with Crippen molar-refractivity contribution < 1.29 is 23.4 Å². The molecule has 3 nitrogen and oxygen atoms in total. The van der Waals surface area contributed by atoms with Crippen molar-refractivity contribution in [3.05, 3.63) is 28.8 Å². The largest absolute Gasteiger partial charge is 0.496 e. The highest BCUT2D eigenvalue weighted by Gasteiger charge is 2.30. The monoisotopic (exact) mass is 272 g/mol. The fraction of sp³-hybridized carbons (Fsp3) is 0.500. The number of carbonyl (C=O) groups is 1. The van der Waals surface area contributed by atoms with E-state index in [0.29, 0.717) is 11.1 Å². The zero-order valence-electron chi connectivity index (χ0n) is 11.5. The van der Waals surface area contributed by atoms with E-state index in [2.05, 4.69) is 0 Å². The van der Waals surface area contributed by atoms with Gasteiger partial charge in [0.05, 0.1) is 18.6 Å². The molecule has 1 rings (SSSR count). The summed E-state index contributed by atoms with van der Waals surface area (Å²) >= 11 is 0. The Morgan fingerprint density at radius 1 is 1.47 bits per heavy atom. The van der Waals surface area contributed by atoms with Crippen LogP contribution in [0.25, 0.3) is 0 Å². The molecule has 1 atom stereocenters. The zero-order valence-corrected chi connectivity index (χ0v) is 11.5. The minimum absolute atomic E-state index is 0.0752. The van der Waals surface area contributed by atoms with Gasteiger partial charge in [-0.25, -0.2) is 8.78 Å². The highest BCUT2D eigenvalue weighted by molar-refractivity contribution is 5.70. The molecule has 0 heterocycles. The first-order valence-electron chi connectivity index (χ1n) is 5.95. The molecule has 5 heteroatoms. The molecule has 1 aromatic carbocycles. The Labute approximate surface area is 111 Å². The zero-order chi connectivity index (χ0) is 14.8. The van der Waals surface area contributed by atoms with Crippen molar-refractivity contribution in [3.8, 4) is 5.75 Å². The lowest BCUT2D eigenvalue weighted by Gasteiger charge is -2.20. The van der Waals surface area contributed by atoms with Crippen LogP contribution in [0.4, 0.5) is 8.78 Å². The van der Waals surface area contributed by atoms with Crippen molar-refractivity contribution in [1.82, 2.24) is 0 Å². The number of halogens is 2. The van der Waals surface area contributed by atoms with Crippen LogP contribution in [0.2, 0.25) is 0 Å². The number of rotatable bonds is 5. The van der Waals surface area contributed by atoms with E-state index in [9.17, 15) is 13.6 Å². The maximum atomic E-state index is 13.6. The molecule has 0 saturated carbocycles. The SMILES string of the molecule is COc1c(CC(C)C(=O)O)cc(C)cc1C(C)(F)F. The second-order valence-electron chi connectivity index (χ2n) is 4.84. The molecule has 0 aliphatic heterocycles. The molecule has 0 bridgehead atoms. The lowest BCUT2D eigenvalue weighted by molar-refractivity contribution is -0.141. The van der Waals surface area contributed by atoms with Gasteiger partial charge in [-0.1, -0.05) is 18.6 Å². The van der Waals surface area contributed by atoms with Crippen LogP contribution in [0.5, 0.6) is 5.75 Å². The second kappa shape index (κ2) is 5.55. The summed E-state index contributed by atoms with van der Waals surface area (Å²) in [6.45, 7) is 4.03. The summed E-state index contributed by atoms with van der Waals surface area (Å²) in [5.74, 6) is -4.58. The highest BCUT2D eigenvalue weighted by Crippen LogP contribution is 2.38. The predicted octanol–water partition coefficient (Wildman–Crippen LogP) is 3.38. The Hall–Kier alpha value is -1.65. The molecule has 0 aliphatic rings. The number of ether oxygens (including phenoxy) is 1. The van der Waals surface area contributed by atoms with E-state index in [0.717, 1.165) is 6.92 Å². The standard InChI is InChI=1S/C14H18F2O3/c1-8-5-10(7-9(2)13(17)18)12(19-4)11(6-8)14(3,15)16/h5-6,9H,7H2,1-4H3,(H,17,18). The first kappa shape index (κ1) is 15.4. The minimum atomic E-state index is -3.03. The minimum Gasteiger partial charge on any atom is -0.496 e. The van der Waals surface area contributed by atoms with Crippen LogP contribution >= 0.6 is 0 Å². The van der Waals surface area contributed by atoms with Gasteiger partial charge in [0.15, 0.2) is 0 Å². The van der Waals surface area contributed by atoms with Gasteiger partial charge in [-0.05, 0) is 25.0 Å². The fourth-order valence-electron chi connectivity index (χ4n) is 1.98. The first-order chi connectivity index (χ1) is 8.66. The fourth-order valence-corrected chi connectivity index (χ4v) is 1.98. The number of aryl methyl sites for hydroxylation is 1. The molecule has 0 saturated heterocycles. The summed E-state index contributed by atoms with van der Waals surface area (Å²) in [6, 6.07) is 3.06. The third-order valence-corrected chi connectivity index (χ3v) is 2.93. The van der Waals surface area contributed by atoms with E-state index >= 15 is 0 Å². The maximum absolute atomic E-state index is 13.6. The predicted molar refractivity (Wildman–Crippen MR) is 67.8 cm³/mol. The molecule has 1 N–H and O–H groups in total. The number of methoxy groups -OCH3 is 1. The Morgan fingerprint density at radius 3 is 2.47 bits per heavy atom. The van der Waals surface area contributed by atoms with Crippen molar-refractivity contribution in [2.75, 3.05) is 7.11 Å². The Bertz CT molecular complexity index is 478. The third kappa shape index (κ3) is 3.66. The van der Waals surface area contributed by atoms with Gasteiger partial charge in [0, 0.05) is 6.92 Å². The summed E-state index contributed by atoms with van der Waals surface area (Å²) < 4.78 is 32.2. The van der Waals surface area contributed by atoms with Crippen LogP contribution in [0.1, 0.15) is 30.5 Å². The molecule has 19 heavy (non-hydrogen) atoms. The van der Waals surface area contributed by atoms with E-state index < -0.39 is 17.8 Å². The molecule has 1 aromatic rings. The van der Waals surface area contributed by atoms with Gasteiger partial charge in [0.25, 0.3) is 5.92 Å². The highest BCUT2D eigenvalue weighted by atomic mass is 19.3. The summed E-state index contributed by atoms with van der Waals surface area (Å²) in [7, 11) is 1.31. The number of hydrogen-bond donors (Lipinski definition) is 1. The van der Waals surface area contributed by atoms with Gasteiger partial charge in [0.2, 0.25) is 0 Å². The van der Waals surface area contributed by atoms with Gasteiger partial charge in [-0.2, -0.15) is 0 Å². The molecular formula is C14H18F2O3. The van der Waals surface area contributed by atoms with Crippen LogP contribution in [-0.4, -0.2) is 18.2 Å². The van der Waals surface area contributed by atoms with E-state index in [1.807, 2.05) is 0 Å². The summed E-state index contributed by atoms with van der Waals surface area (Å²) in [6.07, 6.45) is 0.156. The normalized spacial score (nSPS) is 13.2. The summed E-state index contributed by atoms with van der Waals surface area (Å²) in [4.78, 5) is 10.9. The van der Waals surface area contributed by atoms with E-state index in [1.165, 1.54) is 20.1 Å². The molecule has 0 fully saturated rings. The first-order valence-corrected chi connectivity index (χ1v) is 5.95. The quantitative estimate of drug-likeness (QED) is 0.893. The van der Waals surface area contributed by atoms with Gasteiger partial charge >= 0.3 is 5.97 Å². The molecule has 0 aromatic heterocycles. The lowest BCUT2D eigenvalue weighted by Crippen LogP contribution is -2.16. The number of alkyl halides is 2. The molecule has 0 aliphatic carbocycles. The summed E-state index contributed by atoms with van der Waals surface area (Å²) in [5, 5.41) is 8.92. The molecule has 0 amide bonds. The topological polar surface area (TPSA) is 46.5 Å². The number of benzene rings is 1. The van der Waals surface area contributed by atoms with Crippen molar-refractivity contribution in [3.63, 3.8) is 0 Å². The van der Waals surface area contributed by atoms with Crippen molar-refractivity contribution in [1.29, 1.82) is 0 Å². The second-order valence-corrected chi connectivity index (χ2v) is 4.84. The van der Waals surface area contributed by atoms with Crippen LogP contribution < -0.4 is 4.74 Å². The van der Waals surface area contributed by atoms with E-state index in [1.54, 1.807) is 13.0 Å². The van der Waals surface area contributed by atoms with Gasteiger partial charge in [-0.3, -0.25) is 4.79 Å². The van der Waals surface area contributed by atoms with Crippen LogP contribution in [0, 0.1) is 12.8 Å². The van der Waals surface area contributed by atoms with Gasteiger partial charge < -0.3 is 9.84 Å². The Balaban J connectivity index is 3.31. The van der Waals surface area contributed by atoms with Crippen molar-refractivity contribution in [2.24, 2.45) is 5.92 Å². The molecule has 0 spiro atoms. The van der Waals surface area contributed by atoms with Crippen molar-refractivity contribution >= 4 is 5.97 Å². The molecule has 1 unspecified atom stereocenters. The van der Waals surface area contributed by atoms with E-state index in [-0.39, 0.29) is 17.7 Å². The van der Waals surface area contributed by atoms with Gasteiger partial charge in [0.1, 0.15) is 5.75 Å². The van der Waals surface area contributed by atoms with Crippen molar-refractivity contribution in [2.45, 2.75) is 33.1 Å².